The summed E-state index contributed by atoms with van der Waals surface area (Å²) in [5, 5.41) is 20.5. The van der Waals surface area contributed by atoms with Gasteiger partial charge < -0.3 is 26.6 Å². The number of nitrogens with one attached hydrogen (secondary N) is 2. The van der Waals surface area contributed by atoms with E-state index in [1.165, 1.54) is 36.6 Å². The van der Waals surface area contributed by atoms with E-state index in [0.29, 0.717) is 17.7 Å². The normalized spacial score (nSPS) is 14.8. The van der Waals surface area contributed by atoms with Gasteiger partial charge in [-0.2, -0.15) is 20.5 Å². The summed E-state index contributed by atoms with van der Waals surface area (Å²) in [6, 6.07) is 4.99. The monoisotopic (exact) mass is 677 g/mol. The van der Waals surface area contributed by atoms with Crippen molar-refractivity contribution >= 4 is 41.4 Å². The molecule has 0 aliphatic rings. The second-order valence-corrected chi connectivity index (χ2v) is 10.9. The molecule has 0 saturated carbocycles. The molecule has 0 aliphatic carbocycles. The van der Waals surface area contributed by atoms with E-state index in [2.05, 4.69) is 5.32 Å². The number of aromatic hydroxyl groups is 1. The van der Waals surface area contributed by atoms with Crippen LogP contribution in [-0.2, 0) is 36.3 Å². The van der Waals surface area contributed by atoms with Crippen LogP contribution in [0.3, 0.4) is 0 Å². The largest absolute Gasteiger partial charge is 0.508 e. The van der Waals surface area contributed by atoms with Crippen LogP contribution in [0.2, 0.25) is 0 Å². The van der Waals surface area contributed by atoms with Gasteiger partial charge in [0.25, 0.3) is 5.91 Å². The third-order valence-electron chi connectivity index (χ3n) is 6.64. The van der Waals surface area contributed by atoms with Crippen molar-refractivity contribution in [3.05, 3.63) is 65.7 Å². The van der Waals surface area contributed by atoms with E-state index in [4.69, 9.17) is 5.73 Å². The fourth-order valence-electron chi connectivity index (χ4n) is 4.10. The Morgan fingerprint density at radius 2 is 1.57 bits per heavy atom. The van der Waals surface area contributed by atoms with Crippen LogP contribution >= 0.6 is 11.8 Å². The minimum atomic E-state index is -5.56. The van der Waals surface area contributed by atoms with Gasteiger partial charge >= 0.3 is 17.7 Å². The molecule has 4 atom stereocenters. The fraction of sp³-hybridized carbons (Fsp3) is 0.393. The molecule has 0 heterocycles. The van der Waals surface area contributed by atoms with Crippen molar-refractivity contribution in [2.45, 2.75) is 49.6 Å². The number of hydrogen-bond donors (Lipinski definition) is 5. The van der Waals surface area contributed by atoms with Gasteiger partial charge in [-0.15, -0.1) is 0 Å². The second-order valence-electron chi connectivity index (χ2n) is 9.92. The number of phenols is 1. The fourth-order valence-corrected chi connectivity index (χ4v) is 4.56. The molecule has 0 aliphatic heterocycles. The quantitative estimate of drug-likeness (QED) is 0.100. The number of carboxylic acids is 1. The van der Waals surface area contributed by atoms with Gasteiger partial charge in [-0.05, 0) is 49.5 Å². The maximum Gasteiger partial charge on any atom is 0.365 e. The van der Waals surface area contributed by atoms with E-state index >= 15 is 13.2 Å². The molecule has 0 radical (unpaired) electrons. The van der Waals surface area contributed by atoms with Crippen LogP contribution in [0.15, 0.2) is 54.6 Å². The number of nitrogens with two attached hydrogens (primary N) is 1. The number of benzene rings is 2. The summed E-state index contributed by atoms with van der Waals surface area (Å²) < 4.78 is 74.2. The molecule has 252 valence electrons. The number of carboxylic acid groups (broad SMARTS) is 1. The standard InChI is InChI=1S/C28H32F5N5O7S/c1-16(36-24(42)20(34)14-17-8-10-19(39)11-9-17)23(41)35-15-22(40)37(21(25(43)44)12-13-46-2)26(45)28(31,38(32)33)27(29,30)18-6-4-3-5-7-18/h3-11,16,20-21,39H,12-15,34H2,1-2H3,(H,35,41)(H,36,42)(H,43,44)/t16-,20+,21+,28-/m1/s1. The maximum absolute atomic E-state index is 15.8. The number of amides is 4. The lowest BCUT2D eigenvalue weighted by molar-refractivity contribution is -0.337. The van der Waals surface area contributed by atoms with E-state index in [1.54, 1.807) is 0 Å². The number of thioether (sulfide) groups is 1. The summed E-state index contributed by atoms with van der Waals surface area (Å²) >= 11 is 0.991. The van der Waals surface area contributed by atoms with Gasteiger partial charge in [-0.3, -0.25) is 24.1 Å². The van der Waals surface area contributed by atoms with Gasteiger partial charge in [0.1, 0.15) is 17.8 Å². The molecule has 0 aromatic heterocycles. The van der Waals surface area contributed by atoms with Crippen LogP contribution in [0.5, 0.6) is 5.75 Å². The van der Waals surface area contributed by atoms with Crippen molar-refractivity contribution in [2.24, 2.45) is 5.73 Å². The molecule has 0 spiro atoms. The summed E-state index contributed by atoms with van der Waals surface area (Å²) in [4.78, 5) is 62.9. The first-order valence-corrected chi connectivity index (χ1v) is 14.8. The number of hydrogen-bond acceptors (Lipinski definition) is 9. The topological polar surface area (TPSA) is 182 Å². The first-order valence-electron chi connectivity index (χ1n) is 13.4. The van der Waals surface area contributed by atoms with Crippen molar-refractivity contribution in [1.82, 2.24) is 20.9 Å². The lowest BCUT2D eigenvalue weighted by Gasteiger charge is -2.37. The minimum Gasteiger partial charge on any atom is -0.508 e. The number of nitrogens with zero attached hydrogens (tertiary/aromatic N) is 2. The van der Waals surface area contributed by atoms with Gasteiger partial charge in [0.05, 0.1) is 17.9 Å². The van der Waals surface area contributed by atoms with Crippen LogP contribution in [0.25, 0.3) is 0 Å². The zero-order valence-electron chi connectivity index (χ0n) is 24.5. The van der Waals surface area contributed by atoms with Crippen LogP contribution < -0.4 is 16.4 Å². The lowest BCUT2D eigenvalue weighted by Crippen LogP contribution is -2.65. The van der Waals surface area contributed by atoms with Crippen molar-refractivity contribution in [1.29, 1.82) is 0 Å². The first kappa shape index (κ1) is 37.9. The Hall–Kier alpha value is -4.29. The van der Waals surface area contributed by atoms with E-state index in [0.717, 1.165) is 30.8 Å². The molecule has 0 unspecified atom stereocenters. The highest BCUT2D eigenvalue weighted by Gasteiger charge is 2.70. The minimum absolute atomic E-state index is 0.00138. The van der Waals surface area contributed by atoms with E-state index in [-0.39, 0.29) is 17.9 Å². The summed E-state index contributed by atoms with van der Waals surface area (Å²) in [5.41, 5.74) is 5.05. The van der Waals surface area contributed by atoms with Crippen LogP contribution in [-0.4, -0.2) is 92.5 Å². The molecule has 6 N–H and O–H groups in total. The third kappa shape index (κ3) is 8.91. The lowest BCUT2D eigenvalue weighted by atomic mass is 9.96. The van der Waals surface area contributed by atoms with Crippen molar-refractivity contribution in [3.63, 3.8) is 0 Å². The van der Waals surface area contributed by atoms with E-state index in [1.807, 2.05) is 5.32 Å². The number of phenolic OH excluding ortho intramolecular Hbond substituents is 1. The Morgan fingerprint density at radius 1 is 0.978 bits per heavy atom. The van der Waals surface area contributed by atoms with Gasteiger partial charge in [0, 0.05) is 5.56 Å². The van der Waals surface area contributed by atoms with E-state index in [9.17, 15) is 43.1 Å². The Bertz CT molecular complexity index is 1390. The summed E-state index contributed by atoms with van der Waals surface area (Å²) in [5.74, 6) is -19.6. The highest BCUT2D eigenvalue weighted by molar-refractivity contribution is 7.98. The molecule has 46 heavy (non-hydrogen) atoms. The van der Waals surface area contributed by atoms with Gasteiger partial charge in [0.2, 0.25) is 17.7 Å². The summed E-state index contributed by atoms with van der Waals surface area (Å²) in [6.07, 6.45) is 0.827. The Labute approximate surface area is 264 Å². The predicted molar refractivity (Wildman–Crippen MR) is 155 cm³/mol. The number of carbonyl (C=O) groups excluding carboxylic acids is 4. The number of halogens is 5. The molecule has 2 rings (SSSR count). The zero-order valence-corrected chi connectivity index (χ0v) is 25.3. The van der Waals surface area contributed by atoms with Gasteiger partial charge in [0.15, 0.2) is 0 Å². The Morgan fingerprint density at radius 3 is 2.09 bits per heavy atom. The molecule has 12 nitrogen and oxygen atoms in total. The van der Waals surface area contributed by atoms with E-state index < -0.39 is 88.2 Å². The molecule has 0 saturated heterocycles. The number of rotatable bonds is 16. The average Bonchev–Trinajstić information content (AvgIpc) is 3.01. The first-order chi connectivity index (χ1) is 21.5. The highest BCUT2D eigenvalue weighted by atomic mass is 32.2. The number of alkyl halides is 3. The maximum atomic E-state index is 15.8. The summed E-state index contributed by atoms with van der Waals surface area (Å²) in [7, 11) is 0. The molecule has 2 aromatic carbocycles. The SMILES string of the molecule is CSCC[C@@H](C(=O)O)N(C(=O)CNC(=O)[C@@H](C)NC(=O)[C@@H](N)Cc1ccc(O)cc1)C(=O)[C@@](F)(N(F)F)C(F)(F)c1ccccc1. The Balaban J connectivity index is 2.29. The number of aliphatic carboxylic acids is 1. The Kier molecular flexibility index (Phi) is 13.4. The second kappa shape index (κ2) is 16.3. The van der Waals surface area contributed by atoms with Crippen molar-refractivity contribution in [3.8, 4) is 5.75 Å². The molecule has 0 bridgehead atoms. The molecule has 4 amide bonds. The van der Waals surface area contributed by atoms with Crippen LogP contribution in [0.1, 0.15) is 24.5 Å². The predicted octanol–water partition coefficient (Wildman–Crippen LogP) is 1.97. The van der Waals surface area contributed by atoms with Crippen molar-refractivity contribution < 1.29 is 56.3 Å². The number of carbonyl (C=O) groups is 5. The third-order valence-corrected chi connectivity index (χ3v) is 7.29. The zero-order chi connectivity index (χ0) is 34.8. The molecule has 18 heteroatoms. The molecular formula is C28H32F5N5O7S. The molecule has 0 fully saturated rings. The smallest absolute Gasteiger partial charge is 0.365 e. The highest BCUT2D eigenvalue weighted by Crippen LogP contribution is 2.46. The van der Waals surface area contributed by atoms with Crippen LogP contribution in [0.4, 0.5) is 22.1 Å². The number of imide groups is 1. The van der Waals surface area contributed by atoms with Crippen LogP contribution in [0, 0.1) is 0 Å². The average molecular weight is 678 g/mol. The van der Waals surface area contributed by atoms with Gasteiger partial charge in [-0.25, -0.2) is 9.18 Å². The summed E-state index contributed by atoms with van der Waals surface area (Å²) in [6.45, 7) is -0.178. The van der Waals surface area contributed by atoms with Gasteiger partial charge in [-0.1, -0.05) is 51.4 Å². The van der Waals surface area contributed by atoms with Crippen molar-refractivity contribution in [2.75, 3.05) is 18.6 Å². The molecule has 2 aromatic rings. The molecular weight excluding hydrogens is 645 g/mol.